The Balaban J connectivity index is 1.12. The molecule has 1 saturated heterocycles. The molecule has 0 spiro atoms. The van der Waals surface area contributed by atoms with E-state index in [-0.39, 0.29) is 12.2 Å². The summed E-state index contributed by atoms with van der Waals surface area (Å²) in [5, 5.41) is 12.8. The highest BCUT2D eigenvalue weighted by atomic mass is 35.5. The Morgan fingerprint density at radius 1 is 1.00 bits per heavy atom. The fraction of sp³-hybridized carbons (Fsp3) is 0.516. The lowest BCUT2D eigenvalue weighted by atomic mass is 9.90. The van der Waals surface area contributed by atoms with Gasteiger partial charge in [0.05, 0.1) is 43.1 Å². The molecule has 1 aromatic carbocycles. The van der Waals surface area contributed by atoms with E-state index in [1.807, 2.05) is 45.2 Å². The fourth-order valence-electron chi connectivity index (χ4n) is 5.87. The number of halogens is 1. The minimum absolute atomic E-state index is 0.0144. The second kappa shape index (κ2) is 13.9. The second-order valence-corrected chi connectivity index (χ2v) is 12.1. The van der Waals surface area contributed by atoms with E-state index in [1.165, 1.54) is 6.33 Å². The zero-order chi connectivity index (χ0) is 30.5. The molecular formula is C31H40ClN9O3. The van der Waals surface area contributed by atoms with Gasteiger partial charge in [0.25, 0.3) is 5.88 Å². The average molecular weight is 622 g/mol. The maximum atomic E-state index is 6.45. The van der Waals surface area contributed by atoms with E-state index < -0.39 is 0 Å². The van der Waals surface area contributed by atoms with Crippen LogP contribution >= 0.6 is 11.6 Å². The van der Waals surface area contributed by atoms with Gasteiger partial charge < -0.3 is 19.5 Å². The lowest BCUT2D eigenvalue weighted by Gasteiger charge is -2.38. The molecule has 1 atom stereocenters. The summed E-state index contributed by atoms with van der Waals surface area (Å²) in [5.41, 5.74) is 2.49. The van der Waals surface area contributed by atoms with E-state index >= 15 is 0 Å². The number of benzene rings is 1. The molecule has 234 valence electrons. The molecule has 6 rings (SSSR count). The number of nitrogens with one attached hydrogen (secondary N) is 1. The van der Waals surface area contributed by atoms with Crippen molar-refractivity contribution in [3.8, 4) is 22.8 Å². The summed E-state index contributed by atoms with van der Waals surface area (Å²) >= 11 is 6.45. The van der Waals surface area contributed by atoms with Crippen molar-refractivity contribution in [2.24, 2.45) is 0 Å². The lowest BCUT2D eigenvalue weighted by Crippen LogP contribution is -2.45. The Kier molecular flexibility index (Phi) is 9.58. The first-order chi connectivity index (χ1) is 21.4. The number of hydrogen-bond acceptors (Lipinski definition) is 10. The molecule has 0 radical (unpaired) electrons. The van der Waals surface area contributed by atoms with Gasteiger partial charge >= 0.3 is 0 Å². The fourth-order valence-corrected chi connectivity index (χ4v) is 6.03. The molecule has 2 aliphatic rings. The maximum absolute atomic E-state index is 6.45. The molecule has 13 heteroatoms. The van der Waals surface area contributed by atoms with Gasteiger partial charge in [0.2, 0.25) is 5.95 Å². The summed E-state index contributed by atoms with van der Waals surface area (Å²) < 4.78 is 21.5. The average Bonchev–Trinajstić information content (AvgIpc) is 3.69. The van der Waals surface area contributed by atoms with Crippen molar-refractivity contribution in [3.63, 3.8) is 0 Å². The summed E-state index contributed by atoms with van der Waals surface area (Å²) in [7, 11) is 0. The number of aromatic nitrogens is 7. The molecule has 0 bridgehead atoms. The normalized spacial score (nSPS) is 20.0. The Bertz CT molecular complexity index is 1480. The van der Waals surface area contributed by atoms with Gasteiger partial charge in [-0.25, -0.2) is 19.6 Å². The zero-order valence-electron chi connectivity index (χ0n) is 25.5. The number of morpholine rings is 1. The quantitative estimate of drug-likeness (QED) is 0.233. The molecule has 2 fully saturated rings. The summed E-state index contributed by atoms with van der Waals surface area (Å²) in [5.74, 6) is 1.60. The van der Waals surface area contributed by atoms with Crippen LogP contribution in [-0.2, 0) is 11.3 Å². The third kappa shape index (κ3) is 7.48. The van der Waals surface area contributed by atoms with Crippen LogP contribution in [0.3, 0.4) is 0 Å². The molecule has 4 aromatic rings. The molecule has 1 aliphatic carbocycles. The predicted molar refractivity (Wildman–Crippen MR) is 168 cm³/mol. The number of nitrogens with zero attached hydrogens (tertiary/aromatic N) is 8. The van der Waals surface area contributed by atoms with Crippen molar-refractivity contribution in [3.05, 3.63) is 54.5 Å². The highest BCUT2D eigenvalue weighted by molar-refractivity contribution is 6.32. The van der Waals surface area contributed by atoms with Crippen LogP contribution in [-0.4, -0.2) is 84.0 Å². The van der Waals surface area contributed by atoms with Crippen LogP contribution in [0.15, 0.2) is 49.4 Å². The van der Waals surface area contributed by atoms with Crippen LogP contribution in [0.4, 0.5) is 11.6 Å². The second-order valence-electron chi connectivity index (χ2n) is 11.7. The van der Waals surface area contributed by atoms with Gasteiger partial charge in [-0.2, -0.15) is 5.10 Å². The van der Waals surface area contributed by atoms with E-state index in [1.54, 1.807) is 23.4 Å². The van der Waals surface area contributed by atoms with Gasteiger partial charge in [-0.1, -0.05) is 17.7 Å². The van der Waals surface area contributed by atoms with Crippen LogP contribution < -0.4 is 14.8 Å². The lowest BCUT2D eigenvalue weighted by molar-refractivity contribution is 0.00502. The van der Waals surface area contributed by atoms with E-state index in [2.05, 4.69) is 34.9 Å². The number of ether oxygens (including phenoxy) is 3. The van der Waals surface area contributed by atoms with Crippen LogP contribution in [0.5, 0.6) is 11.6 Å². The molecule has 3 aromatic heterocycles. The molecule has 4 heterocycles. The molecule has 1 aliphatic heterocycles. The zero-order valence-corrected chi connectivity index (χ0v) is 26.2. The molecule has 12 nitrogen and oxygen atoms in total. The largest absolute Gasteiger partial charge is 0.487 e. The first kappa shape index (κ1) is 30.3. The first-order valence-electron chi connectivity index (χ1n) is 15.4. The number of hydrogen-bond donors (Lipinski definition) is 1. The SMILES string of the molecule is CC(C)Oc1nn([C@H]2CC[C@H](N3CCOCC3)CC2)cc1Nc1ncc(-c2ccc(Cl)c(O[C@@H](C)Cn3cncn3)c2)cn1. The molecule has 0 amide bonds. The summed E-state index contributed by atoms with van der Waals surface area (Å²) in [6.45, 7) is 10.3. The van der Waals surface area contributed by atoms with Crippen molar-refractivity contribution in [1.82, 2.24) is 39.4 Å². The number of rotatable bonds is 11. The van der Waals surface area contributed by atoms with Crippen LogP contribution in [0.1, 0.15) is 52.5 Å². The van der Waals surface area contributed by atoms with Crippen molar-refractivity contribution < 1.29 is 14.2 Å². The molecule has 44 heavy (non-hydrogen) atoms. The topological polar surface area (TPSA) is 117 Å². The monoisotopic (exact) mass is 621 g/mol. The van der Waals surface area contributed by atoms with E-state index in [4.69, 9.17) is 30.9 Å². The smallest absolute Gasteiger partial charge is 0.257 e. The van der Waals surface area contributed by atoms with Gasteiger partial charge in [-0.15, -0.1) is 5.10 Å². The van der Waals surface area contributed by atoms with Crippen LogP contribution in [0, 0.1) is 0 Å². The minimum Gasteiger partial charge on any atom is -0.487 e. The van der Waals surface area contributed by atoms with Crippen LogP contribution in [0.25, 0.3) is 11.1 Å². The van der Waals surface area contributed by atoms with Gasteiger partial charge in [-0.3, -0.25) is 9.58 Å². The van der Waals surface area contributed by atoms with Crippen molar-refractivity contribution in [1.29, 1.82) is 0 Å². The van der Waals surface area contributed by atoms with E-state index in [0.717, 1.165) is 68.8 Å². The Morgan fingerprint density at radius 3 is 2.45 bits per heavy atom. The van der Waals surface area contributed by atoms with Crippen LogP contribution in [0.2, 0.25) is 5.02 Å². The Morgan fingerprint density at radius 2 is 1.75 bits per heavy atom. The van der Waals surface area contributed by atoms with Gasteiger partial charge in [0, 0.05) is 37.1 Å². The summed E-state index contributed by atoms with van der Waals surface area (Å²) in [6, 6.07) is 6.61. The summed E-state index contributed by atoms with van der Waals surface area (Å²) in [6.07, 6.45) is 13.1. The van der Waals surface area contributed by atoms with Gasteiger partial charge in [0.15, 0.2) is 0 Å². The molecule has 0 unspecified atom stereocenters. The molecular weight excluding hydrogens is 582 g/mol. The highest BCUT2D eigenvalue weighted by Crippen LogP contribution is 2.35. The Hall–Kier alpha value is -3.74. The van der Waals surface area contributed by atoms with Crippen molar-refractivity contribution in [2.45, 2.75) is 77.3 Å². The third-order valence-corrected chi connectivity index (χ3v) is 8.36. The van der Waals surface area contributed by atoms with E-state index in [9.17, 15) is 0 Å². The van der Waals surface area contributed by atoms with Crippen molar-refractivity contribution >= 4 is 23.2 Å². The summed E-state index contributed by atoms with van der Waals surface area (Å²) in [4.78, 5) is 15.8. The highest BCUT2D eigenvalue weighted by Gasteiger charge is 2.29. The standard InChI is InChI=1S/C31H40ClN9O3/c1-21(2)43-30-28(18-41(38-30)26-7-5-25(6-8-26)39-10-12-42-13-11-39)37-31-34-15-24(16-35-31)23-4-9-27(32)29(14-23)44-22(3)17-40-20-33-19-36-40/h4,9,14-16,18-22,25-26H,5-8,10-13,17H2,1-3H3,(H,34,35,37)/t22-,25-,26-/m0/s1. The third-order valence-electron chi connectivity index (χ3n) is 8.05. The first-order valence-corrected chi connectivity index (χ1v) is 15.7. The van der Waals surface area contributed by atoms with Crippen molar-refractivity contribution in [2.75, 3.05) is 31.6 Å². The molecule has 1 N–H and O–H groups in total. The minimum atomic E-state index is -0.157. The Labute approximate surface area is 262 Å². The van der Waals surface area contributed by atoms with Gasteiger partial charge in [-0.05, 0) is 64.2 Å². The van der Waals surface area contributed by atoms with E-state index in [0.29, 0.717) is 41.2 Å². The number of anilines is 2. The maximum Gasteiger partial charge on any atom is 0.257 e. The van der Waals surface area contributed by atoms with Gasteiger partial charge in [0.1, 0.15) is 30.2 Å². The predicted octanol–water partition coefficient (Wildman–Crippen LogP) is 5.40. The molecule has 1 saturated carbocycles.